The van der Waals surface area contributed by atoms with Gasteiger partial charge in [0.05, 0.1) is 17.6 Å². The van der Waals surface area contributed by atoms with Crippen LogP contribution in [0.4, 0.5) is 0 Å². The number of nitrogens with zero attached hydrogens (tertiary/aromatic N) is 3. The highest BCUT2D eigenvalue weighted by molar-refractivity contribution is 7.12. The van der Waals surface area contributed by atoms with Crippen LogP contribution in [0.25, 0.3) is 6.08 Å². The van der Waals surface area contributed by atoms with E-state index in [1.54, 1.807) is 28.5 Å². The predicted molar refractivity (Wildman–Crippen MR) is 73.3 cm³/mol. The number of aliphatic carboxylic acids is 1. The van der Waals surface area contributed by atoms with E-state index in [0.717, 1.165) is 6.08 Å². The number of hydrogen-bond donors (Lipinski definition) is 2. The number of carbonyl (C=O) groups excluding carboxylic acids is 1. The number of amides is 1. The van der Waals surface area contributed by atoms with Crippen molar-refractivity contribution in [2.75, 3.05) is 6.54 Å². The standard InChI is InChI=1S/C12H12N4O3S/c17-10(18)2-1-9-3-8-20-11(9)12(19)13-4-6-16-7-5-14-15-16/h1-3,5,7-8H,4,6H2,(H,13,19)(H,17,18)/b2-1+. The SMILES string of the molecule is O=C(O)/C=C/c1ccsc1C(=O)NCCn1ccnn1. The fourth-order valence-corrected chi connectivity index (χ4v) is 2.31. The Labute approximate surface area is 118 Å². The predicted octanol–water partition coefficient (Wildman–Crippen LogP) is 0.867. The summed E-state index contributed by atoms with van der Waals surface area (Å²) in [7, 11) is 0. The molecule has 1 amide bonds. The lowest BCUT2D eigenvalue weighted by molar-refractivity contribution is -0.131. The fraction of sp³-hybridized carbons (Fsp3) is 0.167. The van der Waals surface area contributed by atoms with Gasteiger partial charge in [0.1, 0.15) is 0 Å². The van der Waals surface area contributed by atoms with Crippen molar-refractivity contribution in [3.8, 4) is 0 Å². The molecule has 0 saturated carbocycles. The van der Waals surface area contributed by atoms with Crippen LogP contribution in [0.15, 0.2) is 29.9 Å². The molecule has 0 aliphatic rings. The van der Waals surface area contributed by atoms with Crippen molar-refractivity contribution < 1.29 is 14.7 Å². The summed E-state index contributed by atoms with van der Waals surface area (Å²) in [6, 6.07) is 1.70. The number of hydrogen-bond acceptors (Lipinski definition) is 5. The highest BCUT2D eigenvalue weighted by atomic mass is 32.1. The van der Waals surface area contributed by atoms with Gasteiger partial charge in [-0.3, -0.25) is 9.48 Å². The summed E-state index contributed by atoms with van der Waals surface area (Å²) < 4.78 is 1.61. The van der Waals surface area contributed by atoms with E-state index in [1.165, 1.54) is 17.4 Å². The van der Waals surface area contributed by atoms with Gasteiger partial charge in [-0.25, -0.2) is 4.79 Å². The van der Waals surface area contributed by atoms with Gasteiger partial charge in [-0.1, -0.05) is 5.21 Å². The molecule has 0 bridgehead atoms. The number of rotatable bonds is 6. The minimum absolute atomic E-state index is 0.231. The highest BCUT2D eigenvalue weighted by Gasteiger charge is 2.11. The number of carbonyl (C=O) groups is 2. The Hall–Kier alpha value is -2.48. The topological polar surface area (TPSA) is 97.1 Å². The molecule has 7 nitrogen and oxygen atoms in total. The van der Waals surface area contributed by atoms with Gasteiger partial charge in [0, 0.05) is 18.8 Å². The van der Waals surface area contributed by atoms with Crippen molar-refractivity contribution in [1.82, 2.24) is 20.3 Å². The van der Waals surface area contributed by atoms with Crippen LogP contribution in [0.1, 0.15) is 15.2 Å². The Bertz CT molecular complexity index is 618. The Morgan fingerprint density at radius 3 is 3.05 bits per heavy atom. The van der Waals surface area contributed by atoms with Crippen molar-refractivity contribution in [2.45, 2.75) is 6.54 Å². The van der Waals surface area contributed by atoms with E-state index in [1.807, 2.05) is 0 Å². The van der Waals surface area contributed by atoms with Crippen LogP contribution >= 0.6 is 11.3 Å². The molecule has 0 atom stereocenters. The summed E-state index contributed by atoms with van der Waals surface area (Å²) in [5.74, 6) is -1.28. The molecule has 0 aliphatic heterocycles. The average Bonchev–Trinajstić information content (AvgIpc) is 3.07. The van der Waals surface area contributed by atoms with Crippen LogP contribution < -0.4 is 5.32 Å². The molecule has 2 rings (SSSR count). The first-order chi connectivity index (χ1) is 9.66. The molecule has 2 aromatic heterocycles. The first-order valence-corrected chi connectivity index (χ1v) is 6.65. The van der Waals surface area contributed by atoms with E-state index in [9.17, 15) is 9.59 Å². The minimum Gasteiger partial charge on any atom is -0.478 e. The number of thiophene rings is 1. The van der Waals surface area contributed by atoms with E-state index in [4.69, 9.17) is 5.11 Å². The van der Waals surface area contributed by atoms with Crippen molar-refractivity contribution in [3.05, 3.63) is 40.4 Å². The summed E-state index contributed by atoms with van der Waals surface area (Å²) in [5.41, 5.74) is 0.593. The molecule has 0 unspecified atom stereocenters. The molecular formula is C12H12N4O3S. The Kier molecular flexibility index (Phi) is 4.61. The first-order valence-electron chi connectivity index (χ1n) is 5.77. The quantitative estimate of drug-likeness (QED) is 0.770. The van der Waals surface area contributed by atoms with E-state index in [-0.39, 0.29) is 5.91 Å². The molecule has 0 radical (unpaired) electrons. The molecular weight excluding hydrogens is 280 g/mol. The zero-order chi connectivity index (χ0) is 14.4. The second-order valence-corrected chi connectivity index (χ2v) is 4.71. The number of carboxylic acid groups (broad SMARTS) is 1. The molecule has 0 spiro atoms. The molecule has 8 heteroatoms. The average molecular weight is 292 g/mol. The second-order valence-electron chi connectivity index (χ2n) is 3.80. The second kappa shape index (κ2) is 6.62. The molecule has 0 saturated heterocycles. The lowest BCUT2D eigenvalue weighted by Crippen LogP contribution is -2.27. The molecule has 0 aromatic carbocycles. The van der Waals surface area contributed by atoms with Gasteiger partial charge in [0.15, 0.2) is 0 Å². The van der Waals surface area contributed by atoms with Crippen LogP contribution in [-0.2, 0) is 11.3 Å². The maximum atomic E-state index is 12.0. The summed E-state index contributed by atoms with van der Waals surface area (Å²) in [6.45, 7) is 0.944. The smallest absolute Gasteiger partial charge is 0.328 e. The fourth-order valence-electron chi connectivity index (χ4n) is 1.51. The first kappa shape index (κ1) is 13.9. The highest BCUT2D eigenvalue weighted by Crippen LogP contribution is 2.18. The lowest BCUT2D eigenvalue weighted by Gasteiger charge is -2.04. The van der Waals surface area contributed by atoms with Crippen LogP contribution in [0, 0.1) is 0 Å². The van der Waals surface area contributed by atoms with Gasteiger partial charge in [-0.2, -0.15) is 0 Å². The lowest BCUT2D eigenvalue weighted by atomic mass is 10.2. The van der Waals surface area contributed by atoms with Crippen LogP contribution in [-0.4, -0.2) is 38.5 Å². The number of nitrogens with one attached hydrogen (secondary N) is 1. The normalized spacial score (nSPS) is 10.8. The third-order valence-corrected chi connectivity index (χ3v) is 3.33. The van der Waals surface area contributed by atoms with Gasteiger partial charge in [-0.15, -0.1) is 16.4 Å². The molecule has 104 valence electrons. The van der Waals surface area contributed by atoms with E-state index < -0.39 is 5.97 Å². The summed E-state index contributed by atoms with van der Waals surface area (Å²) in [6.07, 6.45) is 5.69. The number of carboxylic acids is 1. The third kappa shape index (κ3) is 3.75. The van der Waals surface area contributed by atoms with E-state index in [0.29, 0.717) is 23.5 Å². The molecule has 2 N–H and O–H groups in total. The van der Waals surface area contributed by atoms with E-state index in [2.05, 4.69) is 15.6 Å². The maximum absolute atomic E-state index is 12.0. The monoisotopic (exact) mass is 292 g/mol. The largest absolute Gasteiger partial charge is 0.478 e. The molecule has 20 heavy (non-hydrogen) atoms. The van der Waals surface area contributed by atoms with Crippen molar-refractivity contribution in [3.63, 3.8) is 0 Å². The summed E-state index contributed by atoms with van der Waals surface area (Å²) in [4.78, 5) is 22.9. The molecule has 2 heterocycles. The van der Waals surface area contributed by atoms with Gasteiger partial charge in [-0.05, 0) is 23.1 Å². The molecule has 0 fully saturated rings. The maximum Gasteiger partial charge on any atom is 0.328 e. The summed E-state index contributed by atoms with van der Waals surface area (Å²) in [5, 5.41) is 20.5. The zero-order valence-corrected chi connectivity index (χ0v) is 11.2. The van der Waals surface area contributed by atoms with Crippen molar-refractivity contribution in [1.29, 1.82) is 0 Å². The molecule has 0 aliphatic carbocycles. The van der Waals surface area contributed by atoms with Gasteiger partial charge >= 0.3 is 5.97 Å². The van der Waals surface area contributed by atoms with Crippen LogP contribution in [0.3, 0.4) is 0 Å². The molecule has 2 aromatic rings. The van der Waals surface area contributed by atoms with Crippen molar-refractivity contribution in [2.24, 2.45) is 0 Å². The van der Waals surface area contributed by atoms with Crippen molar-refractivity contribution >= 4 is 29.3 Å². The number of aromatic nitrogens is 3. The minimum atomic E-state index is -1.05. The van der Waals surface area contributed by atoms with Gasteiger partial charge in [0.25, 0.3) is 5.91 Å². The summed E-state index contributed by atoms with van der Waals surface area (Å²) >= 11 is 1.27. The third-order valence-electron chi connectivity index (χ3n) is 2.41. The Morgan fingerprint density at radius 2 is 2.35 bits per heavy atom. The van der Waals surface area contributed by atoms with E-state index >= 15 is 0 Å². The van der Waals surface area contributed by atoms with Crippen LogP contribution in [0.5, 0.6) is 0 Å². The van der Waals surface area contributed by atoms with Crippen LogP contribution in [0.2, 0.25) is 0 Å². The Morgan fingerprint density at radius 1 is 1.50 bits per heavy atom. The Balaban J connectivity index is 1.92. The van der Waals surface area contributed by atoms with Gasteiger partial charge < -0.3 is 10.4 Å². The zero-order valence-electron chi connectivity index (χ0n) is 10.4. The van der Waals surface area contributed by atoms with Gasteiger partial charge in [0.2, 0.25) is 0 Å².